The number of methoxy groups -OCH3 is 1. The lowest BCUT2D eigenvalue weighted by molar-refractivity contribution is 0.172. The third-order valence-electron chi connectivity index (χ3n) is 4.46. The third-order valence-corrected chi connectivity index (χ3v) is 4.46. The number of carbonyl (C=O) groups is 1. The van der Waals surface area contributed by atoms with E-state index < -0.39 is 6.09 Å². The molecular weight excluding hydrogens is 358 g/mol. The molecule has 3 rings (SSSR count). The molecule has 0 saturated carbocycles. The minimum Gasteiger partial charge on any atom is -0.696 e. The highest BCUT2D eigenvalue weighted by atomic mass is 16.5. The van der Waals surface area contributed by atoms with Crippen LogP contribution in [0.4, 0.5) is 10.6 Å². The van der Waals surface area contributed by atoms with Gasteiger partial charge in [0.25, 0.3) is 0 Å². The number of hydrogen-bond donors (Lipinski definition) is 2. The average Bonchev–Trinajstić information content (AvgIpc) is 3.19. The highest BCUT2D eigenvalue weighted by Crippen LogP contribution is 2.34. The summed E-state index contributed by atoms with van der Waals surface area (Å²) in [6, 6.07) is 9.55. The zero-order valence-corrected chi connectivity index (χ0v) is 15.8. The Bertz CT molecular complexity index is 854. The third kappa shape index (κ3) is 4.70. The summed E-state index contributed by atoms with van der Waals surface area (Å²) in [5.41, 5.74) is 9.38. The van der Waals surface area contributed by atoms with Gasteiger partial charge in [0.1, 0.15) is 0 Å². The van der Waals surface area contributed by atoms with E-state index >= 15 is 0 Å². The normalized spacial score (nSPS) is 14.6. The molecule has 0 unspecified atom stereocenters. The highest BCUT2D eigenvalue weighted by Gasteiger charge is 2.21. The minimum atomic E-state index is -0.621. The van der Waals surface area contributed by atoms with Crippen LogP contribution in [0.3, 0.4) is 0 Å². The lowest BCUT2D eigenvalue weighted by Crippen LogP contribution is -2.30. The Kier molecular flexibility index (Phi) is 6.31. The summed E-state index contributed by atoms with van der Waals surface area (Å²) in [6.45, 7) is 1.69. The van der Waals surface area contributed by atoms with Gasteiger partial charge < -0.3 is 30.5 Å². The lowest BCUT2D eigenvalue weighted by Gasteiger charge is -2.27. The Hall–Kier alpha value is -3.29. The molecule has 0 atom stereocenters. The number of aromatic nitrogens is 1. The van der Waals surface area contributed by atoms with E-state index in [1.165, 1.54) is 19.6 Å². The Morgan fingerprint density at radius 1 is 1.32 bits per heavy atom. The maximum absolute atomic E-state index is 11.2. The first-order chi connectivity index (χ1) is 13.6. The predicted octanol–water partition coefficient (Wildman–Crippen LogP) is 4.10. The van der Waals surface area contributed by atoms with Crippen molar-refractivity contribution in [3.63, 3.8) is 0 Å². The average molecular weight is 382 g/mol. The number of oxazole rings is 1. The van der Waals surface area contributed by atoms with Crippen molar-refractivity contribution in [3.05, 3.63) is 47.9 Å². The number of nitrogens with one attached hydrogen (secondary N) is 3. The summed E-state index contributed by atoms with van der Waals surface area (Å²) in [5, 5.41) is 10.4. The number of piperidine rings is 1. The second-order valence-electron chi connectivity index (χ2n) is 6.51. The van der Waals surface area contributed by atoms with Crippen molar-refractivity contribution in [3.8, 4) is 11.5 Å². The summed E-state index contributed by atoms with van der Waals surface area (Å²) in [6.07, 6.45) is 4.07. The van der Waals surface area contributed by atoms with Crippen LogP contribution < -0.4 is 10.2 Å². The molecule has 0 bridgehead atoms. The quantitative estimate of drug-likeness (QED) is 0.730. The summed E-state index contributed by atoms with van der Waals surface area (Å²) in [4.78, 5) is 18.0. The number of nitrogens with zero attached hydrogens (tertiary/aromatic N) is 2. The van der Waals surface area contributed by atoms with Crippen molar-refractivity contribution in [2.45, 2.75) is 19.3 Å². The zero-order valence-electron chi connectivity index (χ0n) is 15.8. The van der Waals surface area contributed by atoms with E-state index in [0.717, 1.165) is 31.5 Å². The number of alkyl carbamates (subject to hydrolysis) is 1. The molecule has 0 radical (unpaired) electrons. The number of hydrogen-bond acceptors (Lipinski definition) is 6. The number of ether oxygens (including phenoxy) is 1. The summed E-state index contributed by atoms with van der Waals surface area (Å²) >= 11 is 0. The SMILES string of the molecule is COC(=O)NCC(=N)/C=C(\[NH-])c1oc(-c2ccccc2)nc1N1CCCCC1. The molecule has 148 valence electrons. The number of carbonyl (C=O) groups excluding carboxylic acids is 1. The molecule has 2 aromatic rings. The molecule has 1 fully saturated rings. The fourth-order valence-electron chi connectivity index (χ4n) is 3.04. The second-order valence-corrected chi connectivity index (χ2v) is 6.51. The Balaban J connectivity index is 1.88. The topological polar surface area (TPSA) is 115 Å². The van der Waals surface area contributed by atoms with Gasteiger partial charge >= 0.3 is 6.09 Å². The Morgan fingerprint density at radius 2 is 2.04 bits per heavy atom. The van der Waals surface area contributed by atoms with Gasteiger partial charge in [0, 0.05) is 24.4 Å². The van der Waals surface area contributed by atoms with Crippen LogP contribution in [0.5, 0.6) is 0 Å². The van der Waals surface area contributed by atoms with Gasteiger partial charge in [-0.1, -0.05) is 30.0 Å². The van der Waals surface area contributed by atoms with Gasteiger partial charge in [-0.15, -0.1) is 0 Å². The van der Waals surface area contributed by atoms with Crippen LogP contribution in [0.2, 0.25) is 0 Å². The number of anilines is 1. The largest absolute Gasteiger partial charge is 0.696 e. The van der Waals surface area contributed by atoms with E-state index in [2.05, 4.69) is 19.9 Å². The van der Waals surface area contributed by atoms with E-state index in [1.54, 1.807) is 0 Å². The van der Waals surface area contributed by atoms with Gasteiger partial charge in [-0.2, -0.15) is 4.98 Å². The van der Waals surface area contributed by atoms with E-state index in [4.69, 9.17) is 15.6 Å². The van der Waals surface area contributed by atoms with Crippen molar-refractivity contribution < 1.29 is 13.9 Å². The first kappa shape index (κ1) is 19.5. The van der Waals surface area contributed by atoms with Crippen LogP contribution in [0, 0.1) is 5.41 Å². The van der Waals surface area contributed by atoms with Crippen molar-refractivity contribution in [1.29, 1.82) is 5.41 Å². The molecule has 1 amide bonds. The van der Waals surface area contributed by atoms with Crippen LogP contribution >= 0.6 is 0 Å². The van der Waals surface area contributed by atoms with Crippen molar-refractivity contribution in [1.82, 2.24) is 10.3 Å². The molecule has 8 nitrogen and oxygen atoms in total. The predicted molar refractivity (Wildman–Crippen MR) is 108 cm³/mol. The van der Waals surface area contributed by atoms with Gasteiger partial charge in [0.05, 0.1) is 13.7 Å². The fourth-order valence-corrected chi connectivity index (χ4v) is 3.04. The molecule has 1 aromatic heterocycles. The molecule has 2 heterocycles. The summed E-state index contributed by atoms with van der Waals surface area (Å²) < 4.78 is 10.4. The van der Waals surface area contributed by atoms with Crippen LogP contribution in [0.15, 0.2) is 40.8 Å². The Labute approximate surface area is 163 Å². The molecule has 1 aromatic carbocycles. The van der Waals surface area contributed by atoms with Gasteiger partial charge in [-0.05, 0) is 31.4 Å². The highest BCUT2D eigenvalue weighted by molar-refractivity contribution is 6.02. The van der Waals surface area contributed by atoms with E-state index in [0.29, 0.717) is 17.5 Å². The smallest absolute Gasteiger partial charge is 0.407 e. The number of amides is 1. The standard InChI is InChI=1S/C20H25N5O3/c1-27-20(26)23-13-15(21)12-16(22)17-18(25-10-6-3-7-11-25)24-19(28-17)14-8-4-2-5-9-14/h2,4-5,8-9,12H,3,6-7,10-11,13H2,1H3,(H4,21,22,23,26)/p-1. The zero-order chi connectivity index (χ0) is 19.9. The Morgan fingerprint density at radius 3 is 2.71 bits per heavy atom. The lowest BCUT2D eigenvalue weighted by atomic mass is 10.1. The number of rotatable bonds is 6. The van der Waals surface area contributed by atoms with Gasteiger partial charge in [-0.25, -0.2) is 4.79 Å². The molecule has 3 N–H and O–H groups in total. The molecule has 8 heteroatoms. The van der Waals surface area contributed by atoms with Crippen LogP contribution in [-0.2, 0) is 4.74 Å². The first-order valence-electron chi connectivity index (χ1n) is 9.22. The molecule has 28 heavy (non-hydrogen) atoms. The van der Waals surface area contributed by atoms with E-state index in [-0.39, 0.29) is 18.0 Å². The maximum Gasteiger partial charge on any atom is 0.407 e. The van der Waals surface area contributed by atoms with Crippen molar-refractivity contribution >= 4 is 23.3 Å². The van der Waals surface area contributed by atoms with Crippen LogP contribution in [0.1, 0.15) is 25.0 Å². The van der Waals surface area contributed by atoms with Crippen molar-refractivity contribution in [2.24, 2.45) is 0 Å². The van der Waals surface area contributed by atoms with E-state index in [1.807, 2.05) is 30.3 Å². The monoisotopic (exact) mass is 382 g/mol. The number of benzene rings is 1. The molecule has 1 aliphatic heterocycles. The summed E-state index contributed by atoms with van der Waals surface area (Å²) in [5.74, 6) is 1.42. The van der Waals surface area contributed by atoms with Crippen LogP contribution in [-0.4, -0.2) is 43.5 Å². The van der Waals surface area contributed by atoms with Gasteiger partial charge in [0.15, 0.2) is 11.6 Å². The summed E-state index contributed by atoms with van der Waals surface area (Å²) in [7, 11) is 1.26. The fraction of sp³-hybridized carbons (Fsp3) is 0.350. The molecular formula is C20H24N5O3-. The minimum absolute atomic E-state index is 0.0339. The van der Waals surface area contributed by atoms with Gasteiger partial charge in [-0.3, -0.25) is 0 Å². The molecule has 1 aliphatic rings. The second kappa shape index (κ2) is 9.07. The molecule has 1 saturated heterocycles. The van der Waals surface area contributed by atoms with Crippen LogP contribution in [0.25, 0.3) is 22.9 Å². The van der Waals surface area contributed by atoms with Gasteiger partial charge in [0.2, 0.25) is 5.89 Å². The maximum atomic E-state index is 11.2. The van der Waals surface area contributed by atoms with Crippen molar-refractivity contribution in [2.75, 3.05) is 31.6 Å². The first-order valence-corrected chi connectivity index (χ1v) is 9.22. The van der Waals surface area contributed by atoms with E-state index in [9.17, 15) is 4.79 Å². The molecule has 0 aliphatic carbocycles. The molecule has 0 spiro atoms.